The monoisotopic (exact) mass is 466 g/mol. The Hall–Kier alpha value is -4.86. The average molecular weight is 467 g/mol. The predicted octanol–water partition coefficient (Wildman–Crippen LogP) is 5.06. The molecule has 0 atom stereocenters. The van der Waals surface area contributed by atoms with Gasteiger partial charge in [-0.3, -0.25) is 9.89 Å². The number of tetrazole rings is 1. The standard InChI is InChI=1S/C25H22N8O2/c1-14-7-12-19(13-15(14)2)33-25(35)22(16(3)30-33)27-26-21-6-4-5-20(23(21)34)17-8-10-18(11-9-17)24-28-31-32-29-24/h4-13,30,34H,1-3H3,(H,28,29,31,32). The zero-order valence-corrected chi connectivity index (χ0v) is 19.3. The summed E-state index contributed by atoms with van der Waals surface area (Å²) in [6.07, 6.45) is 0. The van der Waals surface area contributed by atoms with Crippen LogP contribution in [0.1, 0.15) is 16.8 Å². The number of hydrogen-bond donors (Lipinski definition) is 3. The number of rotatable bonds is 5. The maximum atomic E-state index is 13.0. The lowest BCUT2D eigenvalue weighted by molar-refractivity contribution is 0.478. The highest BCUT2D eigenvalue weighted by Gasteiger charge is 2.14. The van der Waals surface area contributed by atoms with E-state index in [1.807, 2.05) is 56.3 Å². The lowest BCUT2D eigenvalue weighted by Gasteiger charge is -2.07. The molecular weight excluding hydrogens is 444 g/mol. The van der Waals surface area contributed by atoms with Crippen molar-refractivity contribution in [2.75, 3.05) is 0 Å². The quantitative estimate of drug-likeness (QED) is 0.311. The van der Waals surface area contributed by atoms with Crippen molar-refractivity contribution < 1.29 is 5.11 Å². The highest BCUT2D eigenvalue weighted by molar-refractivity contribution is 5.77. The molecule has 0 aliphatic rings. The summed E-state index contributed by atoms with van der Waals surface area (Å²) < 4.78 is 1.44. The summed E-state index contributed by atoms with van der Waals surface area (Å²) in [4.78, 5) is 13.0. The van der Waals surface area contributed by atoms with Crippen molar-refractivity contribution in [2.45, 2.75) is 20.8 Å². The zero-order chi connectivity index (χ0) is 24.5. The van der Waals surface area contributed by atoms with Crippen LogP contribution in [0.15, 0.2) is 75.7 Å². The molecule has 0 radical (unpaired) electrons. The largest absolute Gasteiger partial charge is 0.505 e. The first kappa shape index (κ1) is 22.0. The van der Waals surface area contributed by atoms with Gasteiger partial charge in [-0.25, -0.2) is 4.68 Å². The molecule has 0 amide bonds. The molecule has 2 aromatic heterocycles. The minimum Gasteiger partial charge on any atom is -0.505 e. The van der Waals surface area contributed by atoms with Gasteiger partial charge in [0.1, 0.15) is 5.69 Å². The van der Waals surface area contributed by atoms with Gasteiger partial charge in [-0.2, -0.15) is 5.21 Å². The van der Waals surface area contributed by atoms with Gasteiger partial charge < -0.3 is 5.11 Å². The molecule has 5 rings (SSSR count). The highest BCUT2D eigenvalue weighted by Crippen LogP contribution is 2.38. The van der Waals surface area contributed by atoms with E-state index in [1.54, 1.807) is 25.1 Å². The fourth-order valence-corrected chi connectivity index (χ4v) is 3.73. The highest BCUT2D eigenvalue weighted by atomic mass is 16.3. The topological polar surface area (TPSA) is 137 Å². The second-order valence-electron chi connectivity index (χ2n) is 8.18. The van der Waals surface area contributed by atoms with Gasteiger partial charge in [0.2, 0.25) is 5.82 Å². The van der Waals surface area contributed by atoms with E-state index in [-0.39, 0.29) is 22.7 Å². The molecule has 0 aliphatic heterocycles. The number of phenolic OH excluding ortho intramolecular Hbond substituents is 1. The number of benzene rings is 3. The first-order valence-corrected chi connectivity index (χ1v) is 10.9. The van der Waals surface area contributed by atoms with Crippen molar-refractivity contribution in [3.8, 4) is 34.0 Å². The first-order chi connectivity index (χ1) is 16.9. The Bertz CT molecular complexity index is 1600. The van der Waals surface area contributed by atoms with Crippen molar-refractivity contribution in [3.63, 3.8) is 0 Å². The van der Waals surface area contributed by atoms with Gasteiger partial charge in [0.25, 0.3) is 5.56 Å². The van der Waals surface area contributed by atoms with E-state index in [9.17, 15) is 9.90 Å². The summed E-state index contributed by atoms with van der Waals surface area (Å²) in [5.74, 6) is 0.447. The van der Waals surface area contributed by atoms with E-state index >= 15 is 0 Å². The number of aromatic nitrogens is 6. The van der Waals surface area contributed by atoms with Crippen LogP contribution in [0.3, 0.4) is 0 Å². The molecule has 2 heterocycles. The molecule has 0 unspecified atom stereocenters. The van der Waals surface area contributed by atoms with Crippen molar-refractivity contribution in [1.29, 1.82) is 0 Å². The van der Waals surface area contributed by atoms with Crippen LogP contribution >= 0.6 is 0 Å². The minimum absolute atomic E-state index is 0.0359. The third kappa shape index (κ3) is 4.12. The second kappa shape index (κ2) is 8.82. The minimum atomic E-state index is -0.317. The van der Waals surface area contributed by atoms with E-state index in [1.165, 1.54) is 4.68 Å². The van der Waals surface area contributed by atoms with Crippen molar-refractivity contribution in [2.24, 2.45) is 10.2 Å². The van der Waals surface area contributed by atoms with Gasteiger partial charge in [0.15, 0.2) is 11.4 Å². The third-order valence-electron chi connectivity index (χ3n) is 5.86. The summed E-state index contributed by atoms with van der Waals surface area (Å²) in [6.45, 7) is 5.77. The van der Waals surface area contributed by atoms with Crippen LogP contribution in [0.2, 0.25) is 0 Å². The van der Waals surface area contributed by atoms with Crippen LogP contribution in [0.5, 0.6) is 5.75 Å². The Morgan fingerprint density at radius 1 is 0.914 bits per heavy atom. The number of para-hydroxylation sites is 1. The summed E-state index contributed by atoms with van der Waals surface area (Å²) >= 11 is 0. The molecule has 0 spiro atoms. The fraction of sp³-hybridized carbons (Fsp3) is 0.120. The molecule has 10 nitrogen and oxygen atoms in total. The second-order valence-corrected chi connectivity index (χ2v) is 8.18. The lowest BCUT2D eigenvalue weighted by Crippen LogP contribution is -2.14. The molecule has 0 saturated heterocycles. The van der Waals surface area contributed by atoms with Gasteiger partial charge in [0, 0.05) is 11.1 Å². The predicted molar refractivity (Wildman–Crippen MR) is 131 cm³/mol. The number of phenols is 1. The number of aromatic amines is 2. The van der Waals surface area contributed by atoms with Crippen LogP contribution in [0, 0.1) is 20.8 Å². The van der Waals surface area contributed by atoms with Crippen LogP contribution in [0.4, 0.5) is 11.4 Å². The molecule has 10 heteroatoms. The van der Waals surface area contributed by atoms with E-state index in [0.717, 1.165) is 27.9 Å². The summed E-state index contributed by atoms with van der Waals surface area (Å²) in [7, 11) is 0. The number of nitrogens with one attached hydrogen (secondary N) is 2. The van der Waals surface area contributed by atoms with Gasteiger partial charge >= 0.3 is 0 Å². The Labute approximate surface area is 200 Å². The third-order valence-corrected chi connectivity index (χ3v) is 5.86. The molecule has 3 N–H and O–H groups in total. The number of nitrogens with zero attached hydrogens (tertiary/aromatic N) is 6. The number of azo groups is 1. The Balaban J connectivity index is 1.45. The van der Waals surface area contributed by atoms with Crippen molar-refractivity contribution >= 4 is 11.4 Å². The van der Waals surface area contributed by atoms with Crippen molar-refractivity contribution in [1.82, 2.24) is 30.4 Å². The number of aryl methyl sites for hydroxylation is 3. The van der Waals surface area contributed by atoms with Crippen LogP contribution in [-0.2, 0) is 0 Å². The normalized spacial score (nSPS) is 11.4. The molecule has 3 aromatic carbocycles. The molecule has 35 heavy (non-hydrogen) atoms. The maximum absolute atomic E-state index is 13.0. The number of H-pyrrole nitrogens is 2. The Kier molecular flexibility index (Phi) is 5.54. The SMILES string of the molecule is Cc1ccc(-n2[nH]c(C)c(N=Nc3cccc(-c4ccc(-c5nn[nH]n5)cc4)c3O)c2=O)cc1C. The van der Waals surface area contributed by atoms with E-state index in [2.05, 4.69) is 36.0 Å². The van der Waals surface area contributed by atoms with Gasteiger partial charge in [0.05, 0.1) is 11.4 Å². The van der Waals surface area contributed by atoms with Crippen LogP contribution in [0.25, 0.3) is 28.2 Å². The fourth-order valence-electron chi connectivity index (χ4n) is 3.73. The van der Waals surface area contributed by atoms with E-state index < -0.39 is 0 Å². The molecule has 0 aliphatic carbocycles. The number of aromatic hydroxyl groups is 1. The first-order valence-electron chi connectivity index (χ1n) is 10.9. The van der Waals surface area contributed by atoms with Gasteiger partial charge in [-0.1, -0.05) is 42.5 Å². The molecule has 174 valence electrons. The van der Waals surface area contributed by atoms with Gasteiger partial charge in [-0.15, -0.1) is 20.4 Å². The van der Waals surface area contributed by atoms with E-state index in [0.29, 0.717) is 17.1 Å². The Morgan fingerprint density at radius 3 is 2.40 bits per heavy atom. The van der Waals surface area contributed by atoms with Crippen LogP contribution in [-0.4, -0.2) is 35.5 Å². The Morgan fingerprint density at radius 2 is 1.69 bits per heavy atom. The molecule has 5 aromatic rings. The van der Waals surface area contributed by atoms with Gasteiger partial charge in [-0.05, 0) is 60.9 Å². The maximum Gasteiger partial charge on any atom is 0.299 e. The molecule has 0 bridgehead atoms. The summed E-state index contributed by atoms with van der Waals surface area (Å²) in [5, 5.41) is 36.2. The number of hydrogen-bond acceptors (Lipinski definition) is 7. The molecular formula is C25H22N8O2. The van der Waals surface area contributed by atoms with Crippen molar-refractivity contribution in [3.05, 3.63) is 87.8 Å². The lowest BCUT2D eigenvalue weighted by atomic mass is 10.0. The summed E-state index contributed by atoms with van der Waals surface area (Å²) in [6, 6.07) is 18.3. The molecule has 0 fully saturated rings. The smallest absolute Gasteiger partial charge is 0.299 e. The average Bonchev–Trinajstić information content (AvgIpc) is 3.49. The van der Waals surface area contributed by atoms with Crippen LogP contribution < -0.4 is 5.56 Å². The van der Waals surface area contributed by atoms with E-state index in [4.69, 9.17) is 0 Å². The molecule has 0 saturated carbocycles. The zero-order valence-electron chi connectivity index (χ0n) is 19.3. The summed E-state index contributed by atoms with van der Waals surface area (Å²) in [5.41, 5.74) is 5.78.